The second-order valence-corrected chi connectivity index (χ2v) is 7.81. The van der Waals surface area contributed by atoms with E-state index in [4.69, 9.17) is 18.9 Å². The monoisotopic (exact) mass is 556 g/mol. The van der Waals surface area contributed by atoms with Crippen molar-refractivity contribution < 1.29 is 54.8 Å². The third-order valence-electron chi connectivity index (χ3n) is 5.16. The van der Waals surface area contributed by atoms with Crippen LogP contribution >= 0.6 is 0 Å². The topological polar surface area (TPSA) is 63.2 Å². The van der Waals surface area contributed by atoms with E-state index in [1.165, 1.54) is 55.6 Å². The summed E-state index contributed by atoms with van der Waals surface area (Å²) in [5.41, 5.74) is -3.22. The van der Waals surface area contributed by atoms with E-state index in [1.807, 2.05) is 0 Å². The normalized spacial score (nSPS) is 11.5. The molecule has 0 saturated heterocycles. The van der Waals surface area contributed by atoms with Crippen LogP contribution in [0.4, 0.5) is 26.3 Å². The van der Waals surface area contributed by atoms with Gasteiger partial charge in [0, 0.05) is 6.08 Å². The molecule has 0 bridgehead atoms. The molecule has 208 valence electrons. The fraction of sp³-hybridized carbons (Fsp3) is 0.222. The number of hydrogen-bond donors (Lipinski definition) is 0. The first-order valence-corrected chi connectivity index (χ1v) is 11.1. The summed E-state index contributed by atoms with van der Waals surface area (Å²) in [5.74, 6) is -1.94. The van der Waals surface area contributed by atoms with Crippen molar-refractivity contribution in [1.29, 1.82) is 0 Å². The number of rotatable bonds is 11. The van der Waals surface area contributed by atoms with Gasteiger partial charge < -0.3 is 23.7 Å². The van der Waals surface area contributed by atoms with E-state index in [2.05, 4.69) is 11.3 Å². The van der Waals surface area contributed by atoms with Crippen LogP contribution in [-0.2, 0) is 35.1 Å². The Morgan fingerprint density at radius 1 is 0.718 bits per heavy atom. The Kier molecular flexibility index (Phi) is 9.33. The zero-order chi connectivity index (χ0) is 28.6. The number of benzene rings is 3. The summed E-state index contributed by atoms with van der Waals surface area (Å²) < 4.78 is 109. The maximum Gasteiger partial charge on any atom is 0.420 e. The minimum absolute atomic E-state index is 0.268. The predicted molar refractivity (Wildman–Crippen MR) is 126 cm³/mol. The summed E-state index contributed by atoms with van der Waals surface area (Å²) in [7, 11) is 1.43. The molecule has 0 amide bonds. The molecule has 0 radical (unpaired) electrons. The highest BCUT2D eigenvalue weighted by atomic mass is 19.4. The smallest absolute Gasteiger partial charge is 0.420 e. The van der Waals surface area contributed by atoms with Crippen LogP contribution in [0.15, 0.2) is 73.3 Å². The van der Waals surface area contributed by atoms with E-state index in [1.54, 1.807) is 0 Å². The maximum atomic E-state index is 13.9. The summed E-state index contributed by atoms with van der Waals surface area (Å²) in [6.07, 6.45) is -9.85. The number of alkyl halides is 6. The largest absolute Gasteiger partial charge is 0.497 e. The highest BCUT2D eigenvalue weighted by molar-refractivity contribution is 5.81. The first-order valence-electron chi connectivity index (χ1n) is 11.1. The zero-order valence-electron chi connectivity index (χ0n) is 20.4. The van der Waals surface area contributed by atoms with Crippen molar-refractivity contribution >= 4 is 5.97 Å². The minimum atomic E-state index is -5.40. The van der Waals surface area contributed by atoms with Crippen molar-refractivity contribution in [3.8, 4) is 23.0 Å². The summed E-state index contributed by atoms with van der Waals surface area (Å²) in [4.78, 5) is 11.0. The molecule has 0 fully saturated rings. The van der Waals surface area contributed by atoms with Crippen LogP contribution in [0.5, 0.6) is 23.0 Å². The number of hydrogen-bond acceptors (Lipinski definition) is 6. The van der Waals surface area contributed by atoms with E-state index in [0.29, 0.717) is 16.9 Å². The SMILES string of the molecule is C=CC(=O)OCOc1ccc(COc2ccc(OCc3ccc(OC)cc3)c(C(F)(F)F)c2C(F)(F)F)cc1. The van der Waals surface area contributed by atoms with Crippen molar-refractivity contribution in [2.24, 2.45) is 0 Å². The van der Waals surface area contributed by atoms with Crippen molar-refractivity contribution in [1.82, 2.24) is 0 Å². The molecule has 0 aliphatic heterocycles. The van der Waals surface area contributed by atoms with Crippen LogP contribution in [0.3, 0.4) is 0 Å². The molecule has 12 heteroatoms. The van der Waals surface area contributed by atoms with Crippen LogP contribution in [0, 0.1) is 0 Å². The van der Waals surface area contributed by atoms with Gasteiger partial charge in [-0.2, -0.15) is 26.3 Å². The van der Waals surface area contributed by atoms with Gasteiger partial charge in [0.15, 0.2) is 0 Å². The third kappa shape index (κ3) is 8.06. The summed E-state index contributed by atoms with van der Waals surface area (Å²) >= 11 is 0. The molecule has 0 aromatic heterocycles. The van der Waals surface area contributed by atoms with Crippen LogP contribution in [0.25, 0.3) is 0 Å². The van der Waals surface area contributed by atoms with E-state index >= 15 is 0 Å². The average Bonchev–Trinajstić information content (AvgIpc) is 2.90. The second-order valence-electron chi connectivity index (χ2n) is 7.81. The van der Waals surface area contributed by atoms with Gasteiger partial charge in [0.05, 0.1) is 7.11 Å². The molecular formula is C27H22F6O6. The van der Waals surface area contributed by atoms with Gasteiger partial charge in [-0.1, -0.05) is 30.8 Å². The fourth-order valence-electron chi connectivity index (χ4n) is 3.31. The van der Waals surface area contributed by atoms with Gasteiger partial charge in [0.1, 0.15) is 47.3 Å². The number of carbonyl (C=O) groups excluding carboxylic acids is 1. The standard InChI is InChI=1S/C27H22F6O6/c1-3-23(34)39-16-38-20-10-6-18(7-11-20)15-37-22-13-12-21(24(26(28,29)30)25(22)27(31,32)33)36-14-17-4-8-19(35-2)9-5-17/h3-13H,1,14-16H2,2H3. The number of esters is 1. The fourth-order valence-corrected chi connectivity index (χ4v) is 3.31. The molecule has 0 N–H and O–H groups in total. The Bertz CT molecular complexity index is 1270. The lowest BCUT2D eigenvalue weighted by Gasteiger charge is -2.22. The van der Waals surface area contributed by atoms with Crippen molar-refractivity contribution in [3.05, 3.63) is 95.6 Å². The van der Waals surface area contributed by atoms with Crippen molar-refractivity contribution in [2.75, 3.05) is 13.9 Å². The molecule has 0 spiro atoms. The van der Waals surface area contributed by atoms with Gasteiger partial charge in [-0.15, -0.1) is 0 Å². The van der Waals surface area contributed by atoms with Gasteiger partial charge in [-0.3, -0.25) is 0 Å². The number of methoxy groups -OCH3 is 1. The van der Waals surface area contributed by atoms with Crippen LogP contribution in [0.2, 0.25) is 0 Å². The van der Waals surface area contributed by atoms with E-state index in [0.717, 1.165) is 18.2 Å². The van der Waals surface area contributed by atoms with Gasteiger partial charge >= 0.3 is 18.3 Å². The lowest BCUT2D eigenvalue weighted by Crippen LogP contribution is -2.20. The lowest BCUT2D eigenvalue weighted by atomic mass is 10.0. The minimum Gasteiger partial charge on any atom is -0.497 e. The molecule has 6 nitrogen and oxygen atoms in total. The number of ether oxygens (including phenoxy) is 5. The molecule has 0 heterocycles. The predicted octanol–water partition coefficient (Wildman–Crippen LogP) is 6.96. The molecule has 0 atom stereocenters. The Hall–Kier alpha value is -4.35. The van der Waals surface area contributed by atoms with E-state index in [-0.39, 0.29) is 5.75 Å². The Labute approximate surface area is 219 Å². The first-order chi connectivity index (χ1) is 18.4. The van der Waals surface area contributed by atoms with Gasteiger partial charge in [-0.05, 0) is 47.5 Å². The number of carbonyl (C=O) groups is 1. The van der Waals surface area contributed by atoms with Gasteiger partial charge in [-0.25, -0.2) is 4.79 Å². The van der Waals surface area contributed by atoms with Gasteiger partial charge in [0.2, 0.25) is 6.79 Å². The Morgan fingerprint density at radius 2 is 1.15 bits per heavy atom. The lowest BCUT2D eigenvalue weighted by molar-refractivity contribution is -0.164. The first kappa shape index (κ1) is 29.2. The molecule has 3 aromatic rings. The highest BCUT2D eigenvalue weighted by Gasteiger charge is 2.48. The molecule has 0 saturated carbocycles. The number of halogens is 6. The van der Waals surface area contributed by atoms with Crippen LogP contribution in [0.1, 0.15) is 22.3 Å². The van der Waals surface area contributed by atoms with Crippen molar-refractivity contribution in [2.45, 2.75) is 25.6 Å². The van der Waals surface area contributed by atoms with E-state index in [9.17, 15) is 31.1 Å². The highest BCUT2D eigenvalue weighted by Crippen LogP contribution is 2.49. The molecule has 0 aliphatic carbocycles. The van der Waals surface area contributed by atoms with Gasteiger partial charge in [0.25, 0.3) is 0 Å². The Balaban J connectivity index is 1.81. The van der Waals surface area contributed by atoms with Crippen molar-refractivity contribution in [3.63, 3.8) is 0 Å². The van der Waals surface area contributed by atoms with Crippen LogP contribution < -0.4 is 18.9 Å². The van der Waals surface area contributed by atoms with Crippen LogP contribution in [-0.4, -0.2) is 19.9 Å². The maximum absolute atomic E-state index is 13.9. The average molecular weight is 556 g/mol. The molecule has 39 heavy (non-hydrogen) atoms. The van der Waals surface area contributed by atoms with E-state index < -0.39 is 61.0 Å². The molecular weight excluding hydrogens is 534 g/mol. The third-order valence-corrected chi connectivity index (χ3v) is 5.16. The Morgan fingerprint density at radius 3 is 1.54 bits per heavy atom. The zero-order valence-corrected chi connectivity index (χ0v) is 20.4. The molecule has 3 rings (SSSR count). The summed E-state index contributed by atoms with van der Waals surface area (Å²) in [6, 6.07) is 13.4. The molecule has 0 aliphatic rings. The molecule has 0 unspecified atom stereocenters. The summed E-state index contributed by atoms with van der Waals surface area (Å²) in [5, 5.41) is 0. The quantitative estimate of drug-likeness (QED) is 0.110. The second kappa shape index (κ2) is 12.5. The molecule has 3 aromatic carbocycles. The summed E-state index contributed by atoms with van der Waals surface area (Å²) in [6.45, 7) is 1.94.